The monoisotopic (exact) mass is 318 g/mol. The van der Waals surface area contributed by atoms with Gasteiger partial charge in [-0.25, -0.2) is 0 Å². The Morgan fingerprint density at radius 2 is 1.86 bits per heavy atom. The number of benzene rings is 1. The topological polar surface area (TPSA) is 9.23 Å². The molecule has 0 saturated heterocycles. The summed E-state index contributed by atoms with van der Waals surface area (Å²) < 4.78 is 7.50. The highest BCUT2D eigenvalue weighted by Gasteiger charge is 2.02. The Hall–Kier alpha value is -0.280. The van der Waals surface area contributed by atoms with Gasteiger partial charge in [-0.3, -0.25) is 0 Å². The molecule has 0 fully saturated rings. The molecule has 1 rings (SSSR count). The van der Waals surface area contributed by atoms with Gasteiger partial charge in [-0.1, -0.05) is 38.4 Å². The summed E-state index contributed by atoms with van der Waals surface area (Å²) in [6, 6.07) is 4.01. The highest BCUT2D eigenvalue weighted by Crippen LogP contribution is 2.26. The van der Waals surface area contributed by atoms with E-state index in [4.69, 9.17) is 4.74 Å². The van der Waals surface area contributed by atoms with Gasteiger partial charge >= 0.3 is 0 Å². The summed E-state index contributed by atoms with van der Waals surface area (Å²) in [6.07, 6.45) is 0. The maximum absolute atomic E-state index is 5.52. The third kappa shape index (κ3) is 3.14. The minimum atomic E-state index is 0.501. The molecule has 0 saturated carbocycles. The number of hydrogen-bond donors (Lipinski definition) is 0. The molecule has 1 nitrogen and oxygen atoms in total. The Bertz CT molecular complexity index is 335. The lowest BCUT2D eigenvalue weighted by molar-refractivity contribution is 0.360. The molecule has 0 radical (unpaired) electrons. The van der Waals surface area contributed by atoms with Crippen molar-refractivity contribution in [1.82, 2.24) is 0 Å². The summed E-state index contributed by atoms with van der Waals surface area (Å²) in [7, 11) is 0. The Labute approximate surface area is 101 Å². The van der Waals surface area contributed by atoms with Crippen LogP contribution in [0.4, 0.5) is 0 Å². The second-order valence-electron chi connectivity index (χ2n) is 3.18. The van der Waals surface area contributed by atoms with Crippen LogP contribution in [0.3, 0.4) is 0 Å². The average Bonchev–Trinajstić information content (AvgIpc) is 2.10. The van der Waals surface area contributed by atoms with Crippen LogP contribution < -0.4 is 4.74 Å². The van der Waals surface area contributed by atoms with Crippen LogP contribution in [0.2, 0.25) is 0 Å². The fraction of sp³-hybridized carbons (Fsp3) is 0.273. The van der Waals surface area contributed by atoms with Crippen LogP contribution in [0, 0.1) is 13.8 Å². The summed E-state index contributed by atoms with van der Waals surface area (Å²) in [6.45, 7) is 8.31. The summed E-state index contributed by atoms with van der Waals surface area (Å²) in [5.41, 5.74) is 2.36. The molecule has 0 unspecified atom stereocenters. The highest BCUT2D eigenvalue weighted by molar-refractivity contribution is 9.11. The predicted molar refractivity (Wildman–Crippen MR) is 67.2 cm³/mol. The van der Waals surface area contributed by atoms with Crippen LogP contribution in [-0.2, 0) is 0 Å². The summed E-state index contributed by atoms with van der Waals surface area (Å²) >= 11 is 6.77. The van der Waals surface area contributed by atoms with Crippen molar-refractivity contribution in [2.75, 3.05) is 6.61 Å². The zero-order valence-corrected chi connectivity index (χ0v) is 11.4. The third-order valence-electron chi connectivity index (χ3n) is 1.81. The second kappa shape index (κ2) is 4.99. The highest BCUT2D eigenvalue weighted by atomic mass is 79.9. The van der Waals surface area contributed by atoms with E-state index in [0.29, 0.717) is 6.61 Å². The Morgan fingerprint density at radius 1 is 1.36 bits per heavy atom. The summed E-state index contributed by atoms with van der Waals surface area (Å²) in [5.74, 6) is 0.879. The van der Waals surface area contributed by atoms with Gasteiger partial charge in [0.2, 0.25) is 0 Å². The van der Waals surface area contributed by atoms with E-state index in [-0.39, 0.29) is 0 Å². The van der Waals surface area contributed by atoms with E-state index in [1.165, 1.54) is 11.1 Å². The minimum Gasteiger partial charge on any atom is -0.488 e. The lowest BCUT2D eigenvalue weighted by Gasteiger charge is -2.09. The molecule has 14 heavy (non-hydrogen) atoms. The molecule has 0 aliphatic heterocycles. The van der Waals surface area contributed by atoms with E-state index in [9.17, 15) is 0 Å². The molecule has 0 atom stereocenters. The molecule has 0 N–H and O–H groups in total. The van der Waals surface area contributed by atoms with E-state index >= 15 is 0 Å². The van der Waals surface area contributed by atoms with Crippen LogP contribution in [0.25, 0.3) is 0 Å². The molecule has 0 aliphatic carbocycles. The van der Waals surface area contributed by atoms with Gasteiger partial charge in [0, 0.05) is 8.96 Å². The van der Waals surface area contributed by atoms with Gasteiger partial charge in [0.15, 0.2) is 0 Å². The first kappa shape index (κ1) is 11.8. The number of hydrogen-bond acceptors (Lipinski definition) is 1. The van der Waals surface area contributed by atoms with Gasteiger partial charge in [0.05, 0.1) is 0 Å². The number of aryl methyl sites for hydroxylation is 2. The van der Waals surface area contributed by atoms with Gasteiger partial charge < -0.3 is 4.74 Å². The third-order valence-corrected chi connectivity index (χ3v) is 3.29. The molecule has 0 bridgehead atoms. The molecule has 0 aromatic heterocycles. The lowest BCUT2D eigenvalue weighted by Crippen LogP contribution is -1.97. The number of rotatable bonds is 3. The van der Waals surface area contributed by atoms with E-state index in [1.807, 2.05) is 26.0 Å². The van der Waals surface area contributed by atoms with E-state index < -0.39 is 0 Å². The zero-order chi connectivity index (χ0) is 10.7. The van der Waals surface area contributed by atoms with Crippen molar-refractivity contribution in [2.24, 2.45) is 0 Å². The van der Waals surface area contributed by atoms with Gasteiger partial charge in [0.25, 0.3) is 0 Å². The van der Waals surface area contributed by atoms with Crippen molar-refractivity contribution < 1.29 is 4.74 Å². The SMILES string of the molecule is C=C(Br)COc1cc(C)c(Br)c(C)c1. The van der Waals surface area contributed by atoms with Crippen molar-refractivity contribution in [3.63, 3.8) is 0 Å². The molecule has 0 spiro atoms. The van der Waals surface area contributed by atoms with Gasteiger partial charge in [-0.15, -0.1) is 0 Å². The maximum Gasteiger partial charge on any atom is 0.120 e. The molecule has 0 heterocycles. The predicted octanol–water partition coefficient (Wildman–Crippen LogP) is 4.35. The molecule has 3 heteroatoms. The molecule has 76 valence electrons. The molecule has 0 amide bonds. The molecule has 1 aromatic rings. The second-order valence-corrected chi connectivity index (χ2v) is 5.09. The Kier molecular flexibility index (Phi) is 4.20. The summed E-state index contributed by atoms with van der Waals surface area (Å²) in [5, 5.41) is 0. The molecular formula is C11H12Br2O. The molecule has 0 aliphatic rings. The van der Waals surface area contributed by atoms with Crippen LogP contribution in [-0.4, -0.2) is 6.61 Å². The fourth-order valence-corrected chi connectivity index (χ4v) is 1.49. The fourth-order valence-electron chi connectivity index (χ4n) is 1.15. The number of halogens is 2. The van der Waals surface area contributed by atoms with E-state index in [0.717, 1.165) is 14.7 Å². The van der Waals surface area contributed by atoms with Gasteiger partial charge in [-0.05, 0) is 37.1 Å². The largest absolute Gasteiger partial charge is 0.488 e. The zero-order valence-electron chi connectivity index (χ0n) is 8.23. The number of ether oxygens (including phenoxy) is 1. The minimum absolute atomic E-state index is 0.501. The van der Waals surface area contributed by atoms with Crippen LogP contribution >= 0.6 is 31.9 Å². The molecular weight excluding hydrogens is 308 g/mol. The van der Waals surface area contributed by atoms with Crippen LogP contribution in [0.5, 0.6) is 5.75 Å². The first-order valence-electron chi connectivity index (χ1n) is 4.23. The normalized spacial score (nSPS) is 10.0. The van der Waals surface area contributed by atoms with Crippen LogP contribution in [0.1, 0.15) is 11.1 Å². The summed E-state index contributed by atoms with van der Waals surface area (Å²) in [4.78, 5) is 0. The van der Waals surface area contributed by atoms with Gasteiger partial charge in [-0.2, -0.15) is 0 Å². The lowest BCUT2D eigenvalue weighted by atomic mass is 10.1. The molecule has 1 aromatic carbocycles. The van der Waals surface area contributed by atoms with Crippen molar-refractivity contribution in [3.8, 4) is 5.75 Å². The van der Waals surface area contributed by atoms with Crippen molar-refractivity contribution >= 4 is 31.9 Å². The van der Waals surface area contributed by atoms with E-state index in [2.05, 4.69) is 38.4 Å². The van der Waals surface area contributed by atoms with Gasteiger partial charge in [0.1, 0.15) is 12.4 Å². The average molecular weight is 320 g/mol. The van der Waals surface area contributed by atoms with E-state index in [1.54, 1.807) is 0 Å². The van der Waals surface area contributed by atoms with Crippen molar-refractivity contribution in [1.29, 1.82) is 0 Å². The quantitative estimate of drug-likeness (QED) is 0.804. The smallest absolute Gasteiger partial charge is 0.120 e. The van der Waals surface area contributed by atoms with Crippen LogP contribution in [0.15, 0.2) is 27.7 Å². The van der Waals surface area contributed by atoms with Crippen molar-refractivity contribution in [3.05, 3.63) is 38.8 Å². The van der Waals surface area contributed by atoms with Crippen molar-refractivity contribution in [2.45, 2.75) is 13.8 Å². The first-order valence-corrected chi connectivity index (χ1v) is 5.82. The first-order chi connectivity index (χ1) is 6.50. The Morgan fingerprint density at radius 3 is 2.29 bits per heavy atom. The Balaban J connectivity index is 2.84. The maximum atomic E-state index is 5.52. The standard InChI is InChI=1S/C11H12Br2O/c1-7-4-10(14-6-9(3)12)5-8(2)11(7)13/h4-5H,3,6H2,1-2H3.